The maximum Gasteiger partial charge on any atom is 0.273 e. The zero-order valence-corrected chi connectivity index (χ0v) is 15.3. The number of rotatable bonds is 4. The van der Waals surface area contributed by atoms with Crippen molar-refractivity contribution in [3.05, 3.63) is 40.4 Å². The van der Waals surface area contributed by atoms with Gasteiger partial charge in [-0.05, 0) is 12.1 Å². The summed E-state index contributed by atoms with van der Waals surface area (Å²) < 4.78 is 4.86. The van der Waals surface area contributed by atoms with Gasteiger partial charge in [0.1, 0.15) is 17.3 Å². The first-order chi connectivity index (χ1) is 12.1. The van der Waals surface area contributed by atoms with E-state index in [1.165, 1.54) is 18.4 Å². The minimum atomic E-state index is -0.102. The topological polar surface area (TPSA) is 62.7 Å². The predicted molar refractivity (Wildman–Crippen MR) is 96.9 cm³/mol. The Morgan fingerprint density at radius 2 is 1.80 bits per heavy atom. The number of thiazole rings is 1. The van der Waals surface area contributed by atoms with Gasteiger partial charge in [0.05, 0.1) is 0 Å². The maximum atomic E-state index is 12.6. The van der Waals surface area contributed by atoms with E-state index in [4.69, 9.17) is 16.3 Å². The Hall–Kier alpha value is -1.96. The van der Waals surface area contributed by atoms with E-state index >= 15 is 0 Å². The zero-order chi connectivity index (χ0) is 17.8. The Morgan fingerprint density at radius 3 is 2.44 bits per heavy atom. The fourth-order valence-electron chi connectivity index (χ4n) is 2.63. The number of carbonyl (C=O) groups is 2. The quantitative estimate of drug-likeness (QED) is 0.818. The van der Waals surface area contributed by atoms with Gasteiger partial charge in [0.25, 0.3) is 5.91 Å². The highest BCUT2D eigenvalue weighted by atomic mass is 35.5. The van der Waals surface area contributed by atoms with Crippen molar-refractivity contribution in [3.63, 3.8) is 0 Å². The molecule has 0 atom stereocenters. The molecule has 0 N–H and O–H groups in total. The fourth-order valence-corrected chi connectivity index (χ4v) is 3.56. The molecule has 2 heterocycles. The number of hydrogen-bond donors (Lipinski definition) is 0. The molecule has 1 aromatic heterocycles. The minimum Gasteiger partial charge on any atom is -0.375 e. The number of piperazine rings is 1. The summed E-state index contributed by atoms with van der Waals surface area (Å²) in [6, 6.07) is 7.37. The van der Waals surface area contributed by atoms with E-state index in [0.29, 0.717) is 36.9 Å². The van der Waals surface area contributed by atoms with Crippen LogP contribution in [0.15, 0.2) is 29.6 Å². The molecule has 3 rings (SSSR count). The van der Waals surface area contributed by atoms with E-state index in [-0.39, 0.29) is 18.4 Å². The molecule has 2 aromatic rings. The first-order valence-corrected chi connectivity index (χ1v) is 9.11. The van der Waals surface area contributed by atoms with Crippen LogP contribution in [0.3, 0.4) is 0 Å². The second-order valence-corrected chi connectivity index (χ2v) is 6.95. The first-order valence-electron chi connectivity index (χ1n) is 7.86. The second-order valence-electron chi connectivity index (χ2n) is 5.65. The van der Waals surface area contributed by atoms with Crippen molar-refractivity contribution in [2.75, 3.05) is 39.9 Å². The van der Waals surface area contributed by atoms with Crippen molar-refractivity contribution in [1.82, 2.24) is 14.8 Å². The molecule has 132 valence electrons. The summed E-state index contributed by atoms with van der Waals surface area (Å²) in [6.07, 6.45) is 0. The summed E-state index contributed by atoms with van der Waals surface area (Å²) in [4.78, 5) is 32.3. The van der Waals surface area contributed by atoms with Crippen LogP contribution in [-0.2, 0) is 9.53 Å². The van der Waals surface area contributed by atoms with E-state index in [0.717, 1.165) is 10.6 Å². The van der Waals surface area contributed by atoms with E-state index in [1.807, 2.05) is 12.1 Å². The van der Waals surface area contributed by atoms with Crippen LogP contribution in [0.4, 0.5) is 0 Å². The maximum absolute atomic E-state index is 12.6. The van der Waals surface area contributed by atoms with Crippen LogP contribution in [-0.4, -0.2) is 66.5 Å². The molecular weight excluding hydrogens is 362 g/mol. The Kier molecular flexibility index (Phi) is 5.67. The van der Waals surface area contributed by atoms with Gasteiger partial charge in [0.15, 0.2) is 0 Å². The van der Waals surface area contributed by atoms with Gasteiger partial charge in [0, 0.05) is 49.3 Å². The fraction of sp³-hybridized carbons (Fsp3) is 0.353. The number of carbonyl (C=O) groups excluding carboxylic acids is 2. The second kappa shape index (κ2) is 7.95. The summed E-state index contributed by atoms with van der Waals surface area (Å²) in [5.74, 6) is -0.149. The van der Waals surface area contributed by atoms with Crippen LogP contribution in [0.2, 0.25) is 5.02 Å². The van der Waals surface area contributed by atoms with E-state index < -0.39 is 0 Å². The SMILES string of the molecule is COCC(=O)N1CCN(C(=O)c2csc(-c3ccc(Cl)cc3)n2)CC1. The average molecular weight is 380 g/mol. The summed E-state index contributed by atoms with van der Waals surface area (Å²) in [7, 11) is 1.50. The van der Waals surface area contributed by atoms with Gasteiger partial charge < -0.3 is 14.5 Å². The minimum absolute atomic E-state index is 0.0479. The lowest BCUT2D eigenvalue weighted by atomic mass is 10.2. The lowest BCUT2D eigenvalue weighted by molar-refractivity contribution is -0.136. The van der Waals surface area contributed by atoms with Gasteiger partial charge in [-0.1, -0.05) is 23.7 Å². The normalized spacial score (nSPS) is 14.6. The smallest absolute Gasteiger partial charge is 0.273 e. The number of halogens is 1. The van der Waals surface area contributed by atoms with Crippen molar-refractivity contribution < 1.29 is 14.3 Å². The first kappa shape index (κ1) is 17.8. The van der Waals surface area contributed by atoms with E-state index in [9.17, 15) is 9.59 Å². The number of ether oxygens (including phenoxy) is 1. The summed E-state index contributed by atoms with van der Waals surface area (Å²) in [5, 5.41) is 3.22. The van der Waals surface area contributed by atoms with Crippen molar-refractivity contribution in [2.45, 2.75) is 0 Å². The number of nitrogens with zero attached hydrogens (tertiary/aromatic N) is 3. The highest BCUT2D eigenvalue weighted by Gasteiger charge is 2.26. The van der Waals surface area contributed by atoms with Crippen LogP contribution in [0.25, 0.3) is 10.6 Å². The Morgan fingerprint density at radius 1 is 1.16 bits per heavy atom. The van der Waals surface area contributed by atoms with Crippen LogP contribution in [0.1, 0.15) is 10.5 Å². The molecule has 0 radical (unpaired) electrons. The molecule has 0 spiro atoms. The number of benzene rings is 1. The van der Waals surface area contributed by atoms with Crippen LogP contribution < -0.4 is 0 Å². The monoisotopic (exact) mass is 379 g/mol. The third-order valence-corrected chi connectivity index (χ3v) is 5.15. The highest BCUT2D eigenvalue weighted by Crippen LogP contribution is 2.25. The van der Waals surface area contributed by atoms with Gasteiger partial charge in [-0.2, -0.15) is 0 Å². The number of methoxy groups -OCH3 is 1. The van der Waals surface area contributed by atoms with E-state index in [1.54, 1.807) is 27.3 Å². The standard InChI is InChI=1S/C17H18ClN3O3S/c1-24-10-15(22)20-6-8-21(9-7-20)17(23)14-11-25-16(19-14)12-2-4-13(18)5-3-12/h2-5,11H,6-10H2,1H3. The number of aromatic nitrogens is 1. The molecule has 1 saturated heterocycles. The molecule has 25 heavy (non-hydrogen) atoms. The molecule has 6 nitrogen and oxygen atoms in total. The number of hydrogen-bond acceptors (Lipinski definition) is 5. The van der Waals surface area contributed by atoms with Gasteiger partial charge in [0.2, 0.25) is 5.91 Å². The number of amides is 2. The van der Waals surface area contributed by atoms with Crippen molar-refractivity contribution in [2.24, 2.45) is 0 Å². The molecular formula is C17H18ClN3O3S. The Bertz CT molecular complexity index is 755. The highest BCUT2D eigenvalue weighted by molar-refractivity contribution is 7.13. The molecule has 2 amide bonds. The van der Waals surface area contributed by atoms with Crippen LogP contribution in [0, 0.1) is 0 Å². The average Bonchev–Trinajstić information content (AvgIpc) is 3.12. The van der Waals surface area contributed by atoms with Gasteiger partial charge in [-0.3, -0.25) is 9.59 Å². The lowest BCUT2D eigenvalue weighted by Crippen LogP contribution is -2.51. The molecule has 0 saturated carbocycles. The third kappa shape index (κ3) is 4.18. The van der Waals surface area contributed by atoms with E-state index in [2.05, 4.69) is 4.98 Å². The summed E-state index contributed by atoms with van der Waals surface area (Å²) in [5.41, 5.74) is 1.37. The molecule has 8 heteroatoms. The zero-order valence-electron chi connectivity index (χ0n) is 13.8. The molecule has 0 unspecified atom stereocenters. The van der Waals surface area contributed by atoms with Crippen molar-refractivity contribution in [1.29, 1.82) is 0 Å². The third-order valence-electron chi connectivity index (χ3n) is 4.00. The van der Waals surface area contributed by atoms with Crippen molar-refractivity contribution >= 4 is 34.8 Å². The lowest BCUT2D eigenvalue weighted by Gasteiger charge is -2.34. The van der Waals surface area contributed by atoms with Crippen LogP contribution in [0.5, 0.6) is 0 Å². The van der Waals surface area contributed by atoms with Gasteiger partial charge in [-0.25, -0.2) is 4.98 Å². The van der Waals surface area contributed by atoms with Crippen molar-refractivity contribution in [3.8, 4) is 10.6 Å². The molecule has 1 fully saturated rings. The Balaban J connectivity index is 1.63. The molecule has 1 aliphatic rings. The van der Waals surface area contributed by atoms with Gasteiger partial charge in [-0.15, -0.1) is 11.3 Å². The summed E-state index contributed by atoms with van der Waals surface area (Å²) >= 11 is 7.33. The molecule has 0 aliphatic carbocycles. The largest absolute Gasteiger partial charge is 0.375 e. The predicted octanol–water partition coefficient (Wildman–Crippen LogP) is 2.39. The molecule has 0 bridgehead atoms. The molecule has 1 aliphatic heterocycles. The summed E-state index contributed by atoms with van der Waals surface area (Å²) in [6.45, 7) is 2.11. The van der Waals surface area contributed by atoms with Gasteiger partial charge >= 0.3 is 0 Å². The molecule has 1 aromatic carbocycles. The van der Waals surface area contributed by atoms with Crippen LogP contribution >= 0.6 is 22.9 Å². The Labute approximate surface area is 155 Å².